The molecule has 0 bridgehead atoms. The standard InChI is InChI=1S/C9H11NO4.Na/c1-4(11)7-5-2-3-6(9(13)14)10(5)8(7)12;/h3-5,7,11H,2H2,1H3,(H,13,14);/q;+1/p-1. The zero-order chi connectivity index (χ0) is 10.5. The number of amides is 1. The molecule has 1 saturated heterocycles. The van der Waals surface area contributed by atoms with Gasteiger partial charge < -0.3 is 19.9 Å². The van der Waals surface area contributed by atoms with E-state index >= 15 is 0 Å². The fourth-order valence-electron chi connectivity index (χ4n) is 2.16. The third-order valence-corrected chi connectivity index (χ3v) is 2.81. The average molecular weight is 219 g/mol. The third-order valence-electron chi connectivity index (χ3n) is 2.81. The third kappa shape index (κ3) is 1.73. The van der Waals surface area contributed by atoms with E-state index in [1.165, 1.54) is 17.9 Å². The van der Waals surface area contributed by atoms with E-state index in [1.807, 2.05) is 0 Å². The molecule has 76 valence electrons. The van der Waals surface area contributed by atoms with Gasteiger partial charge in [-0.2, -0.15) is 0 Å². The Balaban J connectivity index is 0.00000112. The molecule has 2 rings (SSSR count). The van der Waals surface area contributed by atoms with Crippen LogP contribution in [0.15, 0.2) is 11.8 Å². The Hall–Kier alpha value is -0.360. The molecule has 0 radical (unpaired) electrons. The van der Waals surface area contributed by atoms with Gasteiger partial charge in [0.1, 0.15) is 0 Å². The monoisotopic (exact) mass is 219 g/mol. The topological polar surface area (TPSA) is 80.7 Å². The van der Waals surface area contributed by atoms with Crippen molar-refractivity contribution in [2.45, 2.75) is 25.5 Å². The maximum atomic E-state index is 11.4. The van der Waals surface area contributed by atoms with Gasteiger partial charge in [-0.1, -0.05) is 6.08 Å². The fourth-order valence-corrected chi connectivity index (χ4v) is 2.16. The molecule has 1 fully saturated rings. The molecule has 2 heterocycles. The van der Waals surface area contributed by atoms with Crippen LogP contribution < -0.4 is 34.7 Å². The van der Waals surface area contributed by atoms with Crippen molar-refractivity contribution in [1.29, 1.82) is 0 Å². The summed E-state index contributed by atoms with van der Waals surface area (Å²) in [5.41, 5.74) is -0.0584. The zero-order valence-electron chi connectivity index (χ0n) is 8.64. The van der Waals surface area contributed by atoms with Crippen molar-refractivity contribution in [2.75, 3.05) is 0 Å². The Morgan fingerprint density at radius 1 is 1.73 bits per heavy atom. The first kappa shape index (κ1) is 12.7. The van der Waals surface area contributed by atoms with Crippen LogP contribution in [-0.4, -0.2) is 34.0 Å². The molecule has 1 amide bonds. The normalized spacial score (nSPS) is 29.9. The minimum atomic E-state index is -1.33. The number of aliphatic carboxylic acids is 1. The van der Waals surface area contributed by atoms with Crippen LogP contribution in [0.2, 0.25) is 0 Å². The second kappa shape index (κ2) is 4.25. The van der Waals surface area contributed by atoms with Crippen molar-refractivity contribution in [3.63, 3.8) is 0 Å². The Kier molecular flexibility index (Phi) is 3.60. The molecule has 1 N–H and O–H groups in total. The summed E-state index contributed by atoms with van der Waals surface area (Å²) in [5.74, 6) is -2.11. The second-order valence-corrected chi connectivity index (χ2v) is 3.65. The number of carboxylic acids is 1. The van der Waals surface area contributed by atoms with Crippen LogP contribution in [0.25, 0.3) is 0 Å². The van der Waals surface area contributed by atoms with Gasteiger partial charge in [0.25, 0.3) is 0 Å². The van der Waals surface area contributed by atoms with Gasteiger partial charge in [0.05, 0.1) is 29.7 Å². The molecule has 2 aliphatic rings. The number of hydrogen-bond acceptors (Lipinski definition) is 4. The Labute approximate surface area is 109 Å². The van der Waals surface area contributed by atoms with Gasteiger partial charge in [-0.15, -0.1) is 0 Å². The predicted octanol–water partition coefficient (Wildman–Crippen LogP) is -4.76. The molecule has 6 heteroatoms. The van der Waals surface area contributed by atoms with Gasteiger partial charge in [0.2, 0.25) is 5.91 Å². The predicted molar refractivity (Wildman–Crippen MR) is 43.5 cm³/mol. The van der Waals surface area contributed by atoms with E-state index in [4.69, 9.17) is 0 Å². The molecule has 0 spiro atoms. The van der Waals surface area contributed by atoms with E-state index in [2.05, 4.69) is 0 Å². The number of aliphatic hydroxyl groups is 1. The minimum absolute atomic E-state index is 0. The van der Waals surface area contributed by atoms with Gasteiger partial charge in [-0.3, -0.25) is 4.79 Å². The maximum Gasteiger partial charge on any atom is 1.00 e. The molecule has 5 nitrogen and oxygen atoms in total. The van der Waals surface area contributed by atoms with Gasteiger partial charge in [0.15, 0.2) is 0 Å². The average Bonchev–Trinajstić information content (AvgIpc) is 2.42. The fraction of sp³-hybridized carbons (Fsp3) is 0.556. The van der Waals surface area contributed by atoms with Crippen molar-refractivity contribution in [3.8, 4) is 0 Å². The number of β-lactam (4-membered cyclic amide) rings is 1. The molecule has 15 heavy (non-hydrogen) atoms. The van der Waals surface area contributed by atoms with Crippen LogP contribution in [0, 0.1) is 5.92 Å². The van der Waals surface area contributed by atoms with E-state index in [0.29, 0.717) is 6.42 Å². The molecule has 0 aromatic carbocycles. The van der Waals surface area contributed by atoms with E-state index < -0.39 is 18.0 Å². The summed E-state index contributed by atoms with van der Waals surface area (Å²) in [6.45, 7) is 1.54. The van der Waals surface area contributed by atoms with E-state index in [0.717, 1.165) is 0 Å². The first-order valence-corrected chi connectivity index (χ1v) is 4.46. The summed E-state index contributed by atoms with van der Waals surface area (Å²) in [6, 6.07) is -0.185. The van der Waals surface area contributed by atoms with Crippen LogP contribution >= 0.6 is 0 Å². The first-order chi connectivity index (χ1) is 6.54. The summed E-state index contributed by atoms with van der Waals surface area (Å²) in [6.07, 6.45) is 1.24. The van der Waals surface area contributed by atoms with Crippen molar-refractivity contribution in [3.05, 3.63) is 11.8 Å². The number of fused-ring (bicyclic) bond motifs is 1. The molecule has 3 unspecified atom stereocenters. The summed E-state index contributed by atoms with van der Waals surface area (Å²) in [5, 5.41) is 19.9. The van der Waals surface area contributed by atoms with Crippen molar-refractivity contribution >= 4 is 11.9 Å². The van der Waals surface area contributed by atoms with Crippen LogP contribution in [0.3, 0.4) is 0 Å². The summed E-state index contributed by atoms with van der Waals surface area (Å²) in [7, 11) is 0. The van der Waals surface area contributed by atoms with Gasteiger partial charge in [0, 0.05) is 0 Å². The molecule has 0 saturated carbocycles. The van der Waals surface area contributed by atoms with Gasteiger partial charge in [-0.25, -0.2) is 0 Å². The van der Waals surface area contributed by atoms with E-state index in [1.54, 1.807) is 0 Å². The maximum absolute atomic E-state index is 11.4. The van der Waals surface area contributed by atoms with Crippen LogP contribution in [0.5, 0.6) is 0 Å². The molecule has 2 aliphatic heterocycles. The van der Waals surface area contributed by atoms with E-state index in [-0.39, 0.29) is 47.2 Å². The Bertz CT molecular complexity index is 339. The summed E-state index contributed by atoms with van der Waals surface area (Å²) >= 11 is 0. The van der Waals surface area contributed by atoms with Crippen LogP contribution in [0.1, 0.15) is 13.3 Å². The number of carbonyl (C=O) groups excluding carboxylic acids is 2. The first-order valence-electron chi connectivity index (χ1n) is 4.46. The number of nitrogens with zero attached hydrogens (tertiary/aromatic N) is 1. The molecular weight excluding hydrogens is 209 g/mol. The van der Waals surface area contributed by atoms with E-state index in [9.17, 15) is 19.8 Å². The van der Waals surface area contributed by atoms with Crippen LogP contribution in [0.4, 0.5) is 0 Å². The smallest absolute Gasteiger partial charge is 0.543 e. The number of carboxylic acid groups (broad SMARTS) is 1. The van der Waals surface area contributed by atoms with Gasteiger partial charge >= 0.3 is 29.6 Å². The van der Waals surface area contributed by atoms with Crippen molar-refractivity contribution in [1.82, 2.24) is 4.90 Å². The Morgan fingerprint density at radius 3 is 2.80 bits per heavy atom. The van der Waals surface area contributed by atoms with Crippen molar-refractivity contribution < 1.29 is 49.4 Å². The quantitative estimate of drug-likeness (QED) is 0.373. The number of carbonyl (C=O) groups is 2. The summed E-state index contributed by atoms with van der Waals surface area (Å²) < 4.78 is 0. The number of rotatable bonds is 2. The molecule has 0 aliphatic carbocycles. The molecule has 0 aromatic rings. The zero-order valence-corrected chi connectivity index (χ0v) is 10.6. The molecule has 3 atom stereocenters. The largest absolute Gasteiger partial charge is 1.00 e. The number of hydrogen-bond donors (Lipinski definition) is 1. The van der Waals surface area contributed by atoms with Crippen molar-refractivity contribution in [2.24, 2.45) is 5.92 Å². The minimum Gasteiger partial charge on any atom is -0.543 e. The van der Waals surface area contributed by atoms with Gasteiger partial charge in [-0.05, 0) is 13.3 Å². The SMILES string of the molecule is CC(O)C1C(=O)N2C(C(=O)[O-])=CCC12.[Na+]. The van der Waals surface area contributed by atoms with Crippen LogP contribution in [-0.2, 0) is 9.59 Å². The second-order valence-electron chi connectivity index (χ2n) is 3.65. The Morgan fingerprint density at radius 2 is 2.33 bits per heavy atom. The summed E-state index contributed by atoms with van der Waals surface area (Å²) in [4.78, 5) is 23.2. The molecular formula is C9H10NNaO4. The molecule has 0 aromatic heterocycles. The number of aliphatic hydroxyl groups excluding tert-OH is 1.